The Labute approximate surface area is 188 Å². The minimum Gasteiger partial charge on any atom is -0.504 e. The van der Waals surface area contributed by atoms with Crippen LogP contribution in [0.4, 0.5) is 0 Å². The summed E-state index contributed by atoms with van der Waals surface area (Å²) in [6.07, 6.45) is -0.399. The smallest absolute Gasteiger partial charge is 0.343 e. The van der Waals surface area contributed by atoms with E-state index in [0.29, 0.717) is 23.1 Å². The van der Waals surface area contributed by atoms with Crippen LogP contribution in [0.15, 0.2) is 78.6 Å². The number of carbonyl (C=O) groups excluding carboxylic acids is 1. The molecule has 2 aromatic rings. The van der Waals surface area contributed by atoms with Crippen LogP contribution < -0.4 is 0 Å². The lowest BCUT2D eigenvalue weighted by Gasteiger charge is -2.19. The Hall–Kier alpha value is -2.93. The molecule has 1 fully saturated rings. The SMILES string of the molecule is C=C(/C(O)=C(\OC(=O)c1ccccc1)c1ccccc1)C(C)C[C@@H]1O[C@@]1(COC)[C@@H](C)O. The van der Waals surface area contributed by atoms with Gasteiger partial charge in [0, 0.05) is 12.7 Å². The molecule has 0 radical (unpaired) electrons. The van der Waals surface area contributed by atoms with Crippen LogP contribution in [0.3, 0.4) is 0 Å². The van der Waals surface area contributed by atoms with Crippen LogP contribution in [0.1, 0.15) is 36.2 Å². The first-order chi connectivity index (χ1) is 15.3. The highest BCUT2D eigenvalue weighted by Gasteiger charge is 2.60. The Bertz CT molecular complexity index is 966. The zero-order valence-electron chi connectivity index (χ0n) is 18.7. The number of esters is 1. The van der Waals surface area contributed by atoms with E-state index in [1.807, 2.05) is 19.1 Å². The molecule has 2 aromatic carbocycles. The van der Waals surface area contributed by atoms with Crippen molar-refractivity contribution in [3.05, 3.63) is 89.7 Å². The molecule has 0 aliphatic carbocycles. The van der Waals surface area contributed by atoms with Gasteiger partial charge in [0.15, 0.2) is 11.5 Å². The summed E-state index contributed by atoms with van der Waals surface area (Å²) >= 11 is 0. The average Bonchev–Trinajstić information content (AvgIpc) is 3.51. The van der Waals surface area contributed by atoms with E-state index in [1.54, 1.807) is 62.6 Å². The van der Waals surface area contributed by atoms with Crippen LogP contribution in [0, 0.1) is 5.92 Å². The van der Waals surface area contributed by atoms with Crippen LogP contribution in [-0.4, -0.2) is 47.7 Å². The van der Waals surface area contributed by atoms with E-state index in [0.717, 1.165) is 0 Å². The van der Waals surface area contributed by atoms with E-state index in [9.17, 15) is 15.0 Å². The highest BCUT2D eigenvalue weighted by molar-refractivity contribution is 5.93. The number of benzene rings is 2. The van der Waals surface area contributed by atoms with Crippen LogP contribution in [-0.2, 0) is 14.2 Å². The van der Waals surface area contributed by atoms with Gasteiger partial charge < -0.3 is 24.4 Å². The fourth-order valence-electron chi connectivity index (χ4n) is 3.72. The maximum absolute atomic E-state index is 12.7. The van der Waals surface area contributed by atoms with Crippen molar-refractivity contribution in [2.45, 2.75) is 38.1 Å². The molecule has 32 heavy (non-hydrogen) atoms. The van der Waals surface area contributed by atoms with E-state index < -0.39 is 17.7 Å². The molecule has 6 heteroatoms. The Morgan fingerprint density at radius 2 is 1.66 bits per heavy atom. The second kappa shape index (κ2) is 10.1. The molecule has 4 atom stereocenters. The van der Waals surface area contributed by atoms with Gasteiger partial charge >= 0.3 is 5.97 Å². The van der Waals surface area contributed by atoms with E-state index >= 15 is 0 Å². The van der Waals surface area contributed by atoms with Crippen molar-refractivity contribution >= 4 is 11.7 Å². The number of rotatable bonds is 10. The molecule has 1 saturated heterocycles. The van der Waals surface area contributed by atoms with Gasteiger partial charge in [-0.15, -0.1) is 0 Å². The Morgan fingerprint density at radius 1 is 1.09 bits per heavy atom. The van der Waals surface area contributed by atoms with Gasteiger partial charge in [0.05, 0.1) is 24.4 Å². The Morgan fingerprint density at radius 3 is 2.19 bits per heavy atom. The number of methoxy groups -OCH3 is 1. The number of hydrogen-bond acceptors (Lipinski definition) is 6. The highest BCUT2D eigenvalue weighted by Crippen LogP contribution is 2.45. The first-order valence-corrected chi connectivity index (χ1v) is 10.6. The van der Waals surface area contributed by atoms with Gasteiger partial charge in [0.25, 0.3) is 0 Å². The molecular weight excluding hydrogens is 408 g/mol. The molecule has 170 valence electrons. The number of hydrogen-bond donors (Lipinski definition) is 2. The summed E-state index contributed by atoms with van der Waals surface area (Å²) in [4.78, 5) is 12.7. The normalized spacial score (nSPS) is 22.4. The molecule has 3 rings (SSSR count). The van der Waals surface area contributed by atoms with Crippen molar-refractivity contribution in [1.82, 2.24) is 0 Å². The second-order valence-electron chi connectivity index (χ2n) is 8.13. The molecule has 1 heterocycles. The topological polar surface area (TPSA) is 88.5 Å². The van der Waals surface area contributed by atoms with E-state index in [-0.39, 0.29) is 30.1 Å². The molecular formula is C26H30O6. The van der Waals surface area contributed by atoms with Crippen molar-refractivity contribution in [3.8, 4) is 0 Å². The zero-order chi connectivity index (χ0) is 23.3. The average molecular weight is 439 g/mol. The number of ether oxygens (including phenoxy) is 3. The van der Waals surface area contributed by atoms with Crippen molar-refractivity contribution in [2.75, 3.05) is 13.7 Å². The molecule has 6 nitrogen and oxygen atoms in total. The van der Waals surface area contributed by atoms with Crippen LogP contribution in [0.5, 0.6) is 0 Å². The lowest BCUT2D eigenvalue weighted by atomic mass is 9.89. The van der Waals surface area contributed by atoms with E-state index in [4.69, 9.17) is 14.2 Å². The minimum atomic E-state index is -0.745. The Balaban J connectivity index is 1.82. The van der Waals surface area contributed by atoms with Crippen LogP contribution in [0.25, 0.3) is 5.76 Å². The number of aliphatic hydroxyl groups is 2. The minimum absolute atomic E-state index is 0.0479. The van der Waals surface area contributed by atoms with Gasteiger partial charge in [-0.05, 0) is 37.0 Å². The summed E-state index contributed by atoms with van der Waals surface area (Å²) in [7, 11) is 1.56. The van der Waals surface area contributed by atoms with Crippen molar-refractivity contribution in [3.63, 3.8) is 0 Å². The standard InChI is InChI=1S/C26H30O6/c1-17(15-22-26(32-22,16-30-4)19(3)27)18(2)23(28)24(20-11-7-5-8-12-20)31-25(29)21-13-9-6-10-14-21/h5-14,17,19,22,27-28H,2,15-16H2,1,3-4H3/b24-23+/t17?,19-,22+,26+/m1/s1. The first-order valence-electron chi connectivity index (χ1n) is 10.6. The lowest BCUT2D eigenvalue weighted by molar-refractivity contribution is 0.0305. The second-order valence-corrected chi connectivity index (χ2v) is 8.13. The van der Waals surface area contributed by atoms with Crippen molar-refractivity contribution < 1.29 is 29.2 Å². The van der Waals surface area contributed by atoms with Crippen molar-refractivity contribution in [1.29, 1.82) is 0 Å². The molecule has 2 N–H and O–H groups in total. The zero-order valence-corrected chi connectivity index (χ0v) is 18.7. The van der Waals surface area contributed by atoms with Crippen LogP contribution in [0.2, 0.25) is 0 Å². The number of aliphatic hydroxyl groups excluding tert-OH is 2. The number of allylic oxidation sites excluding steroid dienone is 1. The molecule has 1 unspecified atom stereocenters. The number of carbonyl (C=O) groups is 1. The van der Waals surface area contributed by atoms with E-state index in [2.05, 4.69) is 6.58 Å². The fraction of sp³-hybridized carbons (Fsp3) is 0.346. The predicted molar refractivity (Wildman–Crippen MR) is 122 cm³/mol. The maximum Gasteiger partial charge on any atom is 0.343 e. The molecule has 0 amide bonds. The van der Waals surface area contributed by atoms with Gasteiger partial charge in [0.1, 0.15) is 5.60 Å². The monoisotopic (exact) mass is 438 g/mol. The lowest BCUT2D eigenvalue weighted by Crippen LogP contribution is -2.35. The third kappa shape index (κ3) is 5.10. The van der Waals surface area contributed by atoms with Gasteiger partial charge in [-0.25, -0.2) is 4.79 Å². The summed E-state index contributed by atoms with van der Waals surface area (Å²) in [6, 6.07) is 17.5. The molecule has 1 aliphatic heterocycles. The third-order valence-corrected chi connectivity index (χ3v) is 5.85. The predicted octanol–water partition coefficient (Wildman–Crippen LogP) is 4.52. The van der Waals surface area contributed by atoms with Crippen LogP contribution >= 0.6 is 0 Å². The highest BCUT2D eigenvalue weighted by atomic mass is 16.6. The molecule has 1 aliphatic rings. The summed E-state index contributed by atoms with van der Waals surface area (Å²) < 4.78 is 16.6. The largest absolute Gasteiger partial charge is 0.504 e. The third-order valence-electron chi connectivity index (χ3n) is 5.85. The molecule has 0 spiro atoms. The Kier molecular flexibility index (Phi) is 7.51. The van der Waals surface area contributed by atoms with Gasteiger partial charge in [-0.2, -0.15) is 0 Å². The molecule has 0 saturated carbocycles. The van der Waals surface area contributed by atoms with Crippen molar-refractivity contribution in [2.24, 2.45) is 5.92 Å². The fourth-order valence-corrected chi connectivity index (χ4v) is 3.72. The summed E-state index contributed by atoms with van der Waals surface area (Å²) in [6.45, 7) is 7.91. The van der Waals surface area contributed by atoms with Gasteiger partial charge in [-0.3, -0.25) is 0 Å². The van der Waals surface area contributed by atoms with E-state index in [1.165, 1.54) is 0 Å². The summed E-state index contributed by atoms with van der Waals surface area (Å²) in [5, 5.41) is 21.2. The van der Waals surface area contributed by atoms with Gasteiger partial charge in [0.2, 0.25) is 0 Å². The first kappa shape index (κ1) is 23.7. The maximum atomic E-state index is 12.7. The molecule has 0 bridgehead atoms. The van der Waals surface area contributed by atoms with Gasteiger partial charge in [-0.1, -0.05) is 62.0 Å². The summed E-state index contributed by atoms with van der Waals surface area (Å²) in [5.74, 6) is -0.920. The molecule has 0 aromatic heterocycles. The summed E-state index contributed by atoms with van der Waals surface area (Å²) in [5.41, 5.74) is 0.602. The number of epoxide rings is 1. The quantitative estimate of drug-likeness (QED) is 0.245.